The Morgan fingerprint density at radius 2 is 1.81 bits per heavy atom. The molecule has 1 N–H and O–H groups in total. The van der Waals surface area contributed by atoms with Crippen molar-refractivity contribution in [2.24, 2.45) is 5.92 Å². The SMILES string of the molecule is CNC1CCCCCCC1S(=O)CC(C)C. The Labute approximate surface area is 103 Å². The Balaban J connectivity index is 2.58. The highest BCUT2D eigenvalue weighted by atomic mass is 32.2. The molecule has 1 rings (SSSR count). The first kappa shape index (κ1) is 14.2. The van der Waals surface area contributed by atoms with Crippen molar-refractivity contribution < 1.29 is 4.21 Å². The molecule has 3 unspecified atom stereocenters. The molecule has 0 bridgehead atoms. The molecule has 0 aromatic rings. The van der Waals surface area contributed by atoms with E-state index in [4.69, 9.17) is 0 Å². The maximum atomic E-state index is 12.3. The van der Waals surface area contributed by atoms with Gasteiger partial charge in [-0.2, -0.15) is 0 Å². The topological polar surface area (TPSA) is 29.1 Å². The van der Waals surface area contributed by atoms with Gasteiger partial charge in [-0.25, -0.2) is 0 Å². The molecule has 0 aliphatic heterocycles. The first-order valence-electron chi connectivity index (χ1n) is 6.69. The number of hydrogen-bond donors (Lipinski definition) is 1. The monoisotopic (exact) mass is 245 g/mol. The fourth-order valence-corrected chi connectivity index (χ4v) is 4.52. The van der Waals surface area contributed by atoms with Gasteiger partial charge in [0.25, 0.3) is 0 Å². The van der Waals surface area contributed by atoms with Gasteiger partial charge in [0.15, 0.2) is 0 Å². The lowest BCUT2D eigenvalue weighted by molar-refractivity contribution is 0.413. The largest absolute Gasteiger partial charge is 0.316 e. The van der Waals surface area contributed by atoms with Gasteiger partial charge in [0.1, 0.15) is 0 Å². The molecule has 3 heteroatoms. The summed E-state index contributed by atoms with van der Waals surface area (Å²) in [6, 6.07) is 0.472. The zero-order valence-corrected chi connectivity index (χ0v) is 11.8. The standard InChI is InChI=1S/C13H27NOS/c1-11(2)10-16(15)13-9-7-5-4-6-8-12(13)14-3/h11-14H,4-10H2,1-3H3. The highest BCUT2D eigenvalue weighted by Crippen LogP contribution is 2.22. The van der Waals surface area contributed by atoms with Crippen LogP contribution in [0.4, 0.5) is 0 Å². The van der Waals surface area contributed by atoms with Gasteiger partial charge in [-0.15, -0.1) is 0 Å². The Morgan fingerprint density at radius 1 is 1.19 bits per heavy atom. The lowest BCUT2D eigenvalue weighted by atomic mass is 9.96. The minimum atomic E-state index is -0.648. The highest BCUT2D eigenvalue weighted by molar-refractivity contribution is 7.85. The van der Waals surface area contributed by atoms with Gasteiger partial charge in [-0.1, -0.05) is 39.5 Å². The van der Waals surface area contributed by atoms with Gasteiger partial charge in [0.2, 0.25) is 0 Å². The van der Waals surface area contributed by atoms with Gasteiger partial charge in [-0.3, -0.25) is 4.21 Å². The Morgan fingerprint density at radius 3 is 2.38 bits per heavy atom. The quantitative estimate of drug-likeness (QED) is 0.825. The lowest BCUT2D eigenvalue weighted by Gasteiger charge is -2.29. The fraction of sp³-hybridized carbons (Fsp3) is 1.00. The van der Waals surface area contributed by atoms with Crippen LogP contribution in [0.1, 0.15) is 52.4 Å². The van der Waals surface area contributed by atoms with Crippen LogP contribution in [-0.4, -0.2) is 28.3 Å². The van der Waals surface area contributed by atoms with Crippen molar-refractivity contribution in [3.63, 3.8) is 0 Å². The molecular weight excluding hydrogens is 218 g/mol. The minimum Gasteiger partial charge on any atom is -0.316 e. The number of hydrogen-bond acceptors (Lipinski definition) is 2. The maximum absolute atomic E-state index is 12.3. The van der Waals surface area contributed by atoms with Crippen LogP contribution < -0.4 is 5.32 Å². The molecule has 1 fully saturated rings. The molecule has 16 heavy (non-hydrogen) atoms. The van der Waals surface area contributed by atoms with Crippen molar-refractivity contribution in [2.45, 2.75) is 63.7 Å². The summed E-state index contributed by atoms with van der Waals surface area (Å²) < 4.78 is 12.3. The summed E-state index contributed by atoms with van der Waals surface area (Å²) in [5.74, 6) is 1.41. The van der Waals surface area contributed by atoms with Gasteiger partial charge in [0.05, 0.1) is 5.25 Å². The molecule has 1 saturated carbocycles. The van der Waals surface area contributed by atoms with Crippen LogP contribution in [0.3, 0.4) is 0 Å². The maximum Gasteiger partial charge on any atom is 0.0501 e. The molecule has 0 spiro atoms. The number of rotatable bonds is 4. The van der Waals surface area contributed by atoms with Crippen molar-refractivity contribution in [1.82, 2.24) is 5.32 Å². The molecule has 0 saturated heterocycles. The molecule has 2 nitrogen and oxygen atoms in total. The zero-order chi connectivity index (χ0) is 12.0. The van der Waals surface area contributed by atoms with Crippen LogP contribution in [-0.2, 0) is 10.8 Å². The summed E-state index contributed by atoms with van der Waals surface area (Å²) in [7, 11) is 1.37. The molecule has 1 aliphatic rings. The van der Waals surface area contributed by atoms with Crippen LogP contribution in [0.5, 0.6) is 0 Å². The van der Waals surface area contributed by atoms with Crippen molar-refractivity contribution in [2.75, 3.05) is 12.8 Å². The van der Waals surface area contributed by atoms with E-state index in [2.05, 4.69) is 19.2 Å². The van der Waals surface area contributed by atoms with Crippen molar-refractivity contribution in [3.8, 4) is 0 Å². The van der Waals surface area contributed by atoms with E-state index in [9.17, 15) is 4.21 Å². The molecule has 0 heterocycles. The molecule has 0 aromatic heterocycles. The van der Waals surface area contributed by atoms with Crippen LogP contribution in [0.2, 0.25) is 0 Å². The minimum absolute atomic E-state index is 0.382. The second kappa shape index (κ2) is 7.44. The summed E-state index contributed by atoms with van der Waals surface area (Å²) >= 11 is 0. The van der Waals surface area contributed by atoms with E-state index < -0.39 is 10.8 Å². The molecule has 3 atom stereocenters. The molecule has 0 aromatic carbocycles. The molecular formula is C13H27NOS. The van der Waals surface area contributed by atoms with E-state index in [0.717, 1.165) is 12.2 Å². The Bertz CT molecular complexity index is 218. The first-order chi connectivity index (χ1) is 7.65. The van der Waals surface area contributed by atoms with E-state index in [1.165, 1.54) is 32.1 Å². The second-order valence-corrected chi connectivity index (χ2v) is 7.07. The summed E-state index contributed by atoms with van der Waals surface area (Å²) in [5, 5.41) is 3.76. The van der Waals surface area contributed by atoms with Crippen molar-refractivity contribution in [1.29, 1.82) is 0 Å². The van der Waals surface area contributed by atoms with Gasteiger partial charge < -0.3 is 5.32 Å². The van der Waals surface area contributed by atoms with Gasteiger partial charge in [0, 0.05) is 22.6 Å². The third kappa shape index (κ3) is 4.54. The van der Waals surface area contributed by atoms with E-state index in [1.54, 1.807) is 0 Å². The smallest absolute Gasteiger partial charge is 0.0501 e. The highest BCUT2D eigenvalue weighted by Gasteiger charge is 2.26. The Hall–Kier alpha value is 0.110. The average molecular weight is 245 g/mol. The average Bonchev–Trinajstić information content (AvgIpc) is 2.16. The van der Waals surface area contributed by atoms with Crippen molar-refractivity contribution in [3.05, 3.63) is 0 Å². The lowest BCUT2D eigenvalue weighted by Crippen LogP contribution is -2.42. The van der Waals surface area contributed by atoms with E-state index >= 15 is 0 Å². The first-order valence-corrected chi connectivity index (χ1v) is 8.07. The van der Waals surface area contributed by atoms with Crippen LogP contribution in [0, 0.1) is 5.92 Å². The molecule has 1 aliphatic carbocycles. The van der Waals surface area contributed by atoms with Gasteiger partial charge >= 0.3 is 0 Å². The second-order valence-electron chi connectivity index (χ2n) is 5.37. The molecule has 96 valence electrons. The summed E-state index contributed by atoms with van der Waals surface area (Å²) in [5.41, 5.74) is 0. The summed E-state index contributed by atoms with van der Waals surface area (Å²) in [6.45, 7) is 4.32. The van der Waals surface area contributed by atoms with E-state index in [1.807, 2.05) is 7.05 Å². The summed E-state index contributed by atoms with van der Waals surface area (Å²) in [6.07, 6.45) is 7.57. The van der Waals surface area contributed by atoms with Crippen LogP contribution in [0.15, 0.2) is 0 Å². The Kier molecular flexibility index (Phi) is 6.59. The fourth-order valence-electron chi connectivity index (χ4n) is 2.55. The number of nitrogens with one attached hydrogen (secondary N) is 1. The third-order valence-electron chi connectivity index (χ3n) is 3.41. The molecule has 0 radical (unpaired) electrons. The predicted molar refractivity (Wildman–Crippen MR) is 72.2 cm³/mol. The third-order valence-corrected chi connectivity index (χ3v) is 5.64. The van der Waals surface area contributed by atoms with Gasteiger partial charge in [-0.05, 0) is 25.8 Å². The van der Waals surface area contributed by atoms with E-state index in [0.29, 0.717) is 17.2 Å². The predicted octanol–water partition coefficient (Wildman–Crippen LogP) is 2.70. The zero-order valence-electron chi connectivity index (χ0n) is 11.0. The van der Waals surface area contributed by atoms with Crippen LogP contribution in [0.25, 0.3) is 0 Å². The van der Waals surface area contributed by atoms with Crippen LogP contribution >= 0.6 is 0 Å². The van der Waals surface area contributed by atoms with Crippen molar-refractivity contribution >= 4 is 10.8 Å². The normalized spacial score (nSPS) is 29.8. The summed E-state index contributed by atoms with van der Waals surface area (Å²) in [4.78, 5) is 0. The molecule has 0 amide bonds. The van der Waals surface area contributed by atoms with E-state index in [-0.39, 0.29) is 0 Å².